The van der Waals surface area contributed by atoms with Crippen molar-refractivity contribution in [1.29, 1.82) is 0 Å². The zero-order chi connectivity index (χ0) is 13.1. The van der Waals surface area contributed by atoms with Crippen LogP contribution in [0.5, 0.6) is 0 Å². The van der Waals surface area contributed by atoms with Gasteiger partial charge in [0.1, 0.15) is 5.69 Å². The summed E-state index contributed by atoms with van der Waals surface area (Å²) < 4.78 is 0. The average molecular weight is 236 g/mol. The molecule has 3 nitrogen and oxygen atoms in total. The molecule has 0 saturated heterocycles. The van der Waals surface area contributed by atoms with Gasteiger partial charge in [-0.25, -0.2) is 0 Å². The molecule has 3 heteroatoms. The Kier molecular flexibility index (Phi) is 6.31. The number of aromatic amines is 1. The third kappa shape index (κ3) is 6.75. The lowest BCUT2D eigenvalue weighted by Crippen LogP contribution is -1.90. The number of H-pyrrole nitrogens is 1. The Balaban J connectivity index is 2.38. The molecule has 1 aromatic rings. The maximum absolute atomic E-state index is 8.93. The van der Waals surface area contributed by atoms with Gasteiger partial charge in [0.2, 0.25) is 0 Å². The summed E-state index contributed by atoms with van der Waals surface area (Å²) in [5, 5.41) is 15.4. The van der Waals surface area contributed by atoms with Crippen molar-refractivity contribution < 1.29 is 5.11 Å². The maximum atomic E-state index is 8.93. The second-order valence-electron chi connectivity index (χ2n) is 3.22. The normalized spacial score (nSPS) is 11.0. The molecular weight excluding hydrogens is 224 g/mol. The van der Waals surface area contributed by atoms with E-state index in [0.717, 1.165) is 5.69 Å². The van der Waals surface area contributed by atoms with Gasteiger partial charge >= 0.3 is 0 Å². The van der Waals surface area contributed by atoms with Crippen LogP contribution in [-0.2, 0) is 0 Å². The molecule has 1 atom stereocenters. The van der Waals surface area contributed by atoms with E-state index >= 15 is 0 Å². The molecule has 2 N–H and O–H groups in total. The van der Waals surface area contributed by atoms with Gasteiger partial charge in [-0.15, -0.1) is 0 Å². The number of hydrogen-bond acceptors (Lipinski definition) is 2. The third-order valence-corrected chi connectivity index (χ3v) is 1.64. The van der Waals surface area contributed by atoms with Crippen molar-refractivity contribution in [2.75, 3.05) is 0 Å². The summed E-state index contributed by atoms with van der Waals surface area (Å²) in [6.07, 6.45) is 7.95. The van der Waals surface area contributed by atoms with Gasteiger partial charge in [-0.3, -0.25) is 5.10 Å². The molecule has 88 valence electrons. The summed E-state index contributed by atoms with van der Waals surface area (Å²) in [6, 6.07) is 1.76. The number of aromatic nitrogens is 2. The van der Waals surface area contributed by atoms with Gasteiger partial charge < -0.3 is 5.11 Å². The van der Waals surface area contributed by atoms with Crippen LogP contribution < -0.4 is 0 Å². The van der Waals surface area contributed by atoms with Crippen molar-refractivity contribution in [2.45, 2.75) is 13.0 Å². The second kappa shape index (κ2) is 8.48. The monoisotopic (exact) mass is 236 g/mol. The quantitative estimate of drug-likeness (QED) is 0.600. The molecule has 0 unspecified atom stereocenters. The van der Waals surface area contributed by atoms with Crippen LogP contribution in [-0.4, -0.2) is 21.4 Å². The first-order valence-corrected chi connectivity index (χ1v) is 5.31. The topological polar surface area (TPSA) is 48.9 Å². The number of aliphatic hydroxyl groups is 1. The zero-order valence-electron chi connectivity index (χ0n) is 9.94. The Bertz CT molecular complexity index is 588. The Hall–Kier alpha value is -2.67. The highest BCUT2D eigenvalue weighted by molar-refractivity contribution is 5.41. The van der Waals surface area contributed by atoms with Crippen molar-refractivity contribution in [1.82, 2.24) is 10.2 Å². The van der Waals surface area contributed by atoms with Crippen LogP contribution in [0.3, 0.4) is 0 Å². The van der Waals surface area contributed by atoms with Crippen LogP contribution in [0.2, 0.25) is 0 Å². The number of allylic oxidation sites excluding steroid dienone is 3. The van der Waals surface area contributed by atoms with Crippen molar-refractivity contribution in [2.24, 2.45) is 0 Å². The first kappa shape index (κ1) is 13.4. The van der Waals surface area contributed by atoms with Crippen LogP contribution >= 0.6 is 0 Å². The van der Waals surface area contributed by atoms with E-state index in [0.29, 0.717) is 0 Å². The number of rotatable bonds is 2. The number of hydrogen-bond donors (Lipinski definition) is 2. The van der Waals surface area contributed by atoms with Gasteiger partial charge in [0.15, 0.2) is 0 Å². The van der Waals surface area contributed by atoms with Gasteiger partial charge in [-0.05, 0) is 48.7 Å². The Labute approximate surface area is 107 Å². The van der Waals surface area contributed by atoms with Crippen LogP contribution in [0.25, 0.3) is 0 Å². The lowest BCUT2D eigenvalue weighted by atomic mass is 10.3. The lowest BCUT2D eigenvalue weighted by Gasteiger charge is -1.88. The zero-order valence-corrected chi connectivity index (χ0v) is 9.94. The van der Waals surface area contributed by atoms with E-state index in [-0.39, 0.29) is 0 Å². The summed E-state index contributed by atoms with van der Waals surface area (Å²) in [7, 11) is 0. The highest BCUT2D eigenvalue weighted by Gasteiger charge is 1.81. The fourth-order valence-electron chi connectivity index (χ4n) is 0.893. The summed E-state index contributed by atoms with van der Waals surface area (Å²) in [5.74, 6) is 16.0. The molecule has 1 aromatic heterocycles. The molecule has 1 rings (SSSR count). The minimum absolute atomic E-state index is 0.444. The summed E-state index contributed by atoms with van der Waals surface area (Å²) in [4.78, 5) is 0. The molecule has 0 fully saturated rings. The number of nitrogens with zero attached hydrogens (tertiary/aromatic N) is 1. The molecule has 0 aromatic carbocycles. The second-order valence-corrected chi connectivity index (χ2v) is 3.22. The molecule has 18 heavy (non-hydrogen) atoms. The molecule has 0 radical (unpaired) electrons. The maximum Gasteiger partial charge on any atom is 0.108 e. The van der Waals surface area contributed by atoms with Gasteiger partial charge in [0, 0.05) is 6.20 Å². The lowest BCUT2D eigenvalue weighted by molar-refractivity contribution is 0.244. The van der Waals surface area contributed by atoms with Crippen molar-refractivity contribution >= 4 is 0 Å². The Morgan fingerprint density at radius 1 is 1.28 bits per heavy atom. The summed E-state index contributed by atoms with van der Waals surface area (Å²) >= 11 is 0. The van der Waals surface area contributed by atoms with Gasteiger partial charge in [0.05, 0.1) is 6.10 Å². The first-order chi connectivity index (χ1) is 8.79. The van der Waals surface area contributed by atoms with Crippen LogP contribution in [0, 0.1) is 35.5 Å². The summed E-state index contributed by atoms with van der Waals surface area (Å²) in [5.41, 5.74) is 0.723. The van der Waals surface area contributed by atoms with Crippen LogP contribution in [0.15, 0.2) is 36.6 Å². The van der Waals surface area contributed by atoms with E-state index in [1.165, 1.54) is 0 Å². The minimum Gasteiger partial charge on any atom is -0.389 e. The predicted octanol–water partition coefficient (Wildman–Crippen LogP) is 1.26. The Morgan fingerprint density at radius 2 is 2.11 bits per heavy atom. The molecule has 0 aliphatic heterocycles. The van der Waals surface area contributed by atoms with Crippen molar-refractivity contribution in [3.63, 3.8) is 0 Å². The van der Waals surface area contributed by atoms with E-state index in [1.807, 2.05) is 0 Å². The highest BCUT2D eigenvalue weighted by Crippen LogP contribution is 1.85. The van der Waals surface area contributed by atoms with E-state index in [9.17, 15) is 0 Å². The molecule has 0 saturated carbocycles. The molecule has 0 spiro atoms. The fraction of sp³-hybridized carbons (Fsp3) is 0.133. The van der Waals surface area contributed by atoms with E-state index in [2.05, 4.69) is 45.7 Å². The summed E-state index contributed by atoms with van der Waals surface area (Å²) in [6.45, 7) is 1.68. The molecule has 1 heterocycles. The Morgan fingerprint density at radius 3 is 2.83 bits per heavy atom. The fourth-order valence-corrected chi connectivity index (χ4v) is 0.893. The first-order valence-electron chi connectivity index (χ1n) is 5.31. The van der Waals surface area contributed by atoms with Crippen molar-refractivity contribution in [3.05, 3.63) is 42.3 Å². The minimum atomic E-state index is -0.444. The SMILES string of the molecule is C[C@@H](O)/C=C/C=C\C#CC#CC#Cc1ccn[nH]1. The smallest absolute Gasteiger partial charge is 0.108 e. The number of nitrogens with one attached hydrogen (secondary N) is 1. The molecule has 0 bridgehead atoms. The molecule has 0 aliphatic rings. The molecule has 0 aliphatic carbocycles. The van der Waals surface area contributed by atoms with Crippen LogP contribution in [0.1, 0.15) is 12.6 Å². The van der Waals surface area contributed by atoms with Gasteiger partial charge in [0.25, 0.3) is 0 Å². The number of aliphatic hydroxyl groups excluding tert-OH is 1. The predicted molar refractivity (Wildman–Crippen MR) is 71.0 cm³/mol. The van der Waals surface area contributed by atoms with Gasteiger partial charge in [-0.1, -0.05) is 24.1 Å². The average Bonchev–Trinajstić information content (AvgIpc) is 2.84. The van der Waals surface area contributed by atoms with E-state index in [4.69, 9.17) is 5.11 Å². The van der Waals surface area contributed by atoms with E-state index < -0.39 is 6.10 Å². The molecule has 0 amide bonds. The van der Waals surface area contributed by atoms with Crippen molar-refractivity contribution in [3.8, 4) is 35.5 Å². The third-order valence-electron chi connectivity index (χ3n) is 1.64. The molecular formula is C15H12N2O. The standard InChI is InChI=1S/C15H12N2O/c1-14(18)10-8-6-4-2-3-5-7-9-11-15-12-13-16-17-15/h4,6,8,10,12-14,18H,1H3,(H,16,17)/b6-4-,10-8+/t14-/m1/s1. The van der Waals surface area contributed by atoms with Gasteiger partial charge in [-0.2, -0.15) is 5.10 Å². The highest BCUT2D eigenvalue weighted by atomic mass is 16.3. The van der Waals surface area contributed by atoms with Crippen LogP contribution in [0.4, 0.5) is 0 Å². The largest absolute Gasteiger partial charge is 0.389 e. The van der Waals surface area contributed by atoms with E-state index in [1.54, 1.807) is 43.5 Å².